The van der Waals surface area contributed by atoms with Gasteiger partial charge in [0.05, 0.1) is 6.61 Å². The molecule has 150 valence electrons. The second-order valence-electron chi connectivity index (χ2n) is 7.22. The van der Waals surface area contributed by atoms with Crippen LogP contribution in [-0.2, 0) is 11.2 Å². The third-order valence-corrected chi connectivity index (χ3v) is 5.08. The van der Waals surface area contributed by atoms with Crippen molar-refractivity contribution in [3.63, 3.8) is 0 Å². The number of nitrogens with zero attached hydrogens (tertiary/aromatic N) is 2. The highest BCUT2D eigenvalue weighted by molar-refractivity contribution is 5.76. The number of aryl methyl sites for hydroxylation is 1. The first-order valence-electron chi connectivity index (χ1n) is 10.1. The van der Waals surface area contributed by atoms with Gasteiger partial charge in [0.15, 0.2) is 5.82 Å². The number of ether oxygens (including phenoxy) is 1. The predicted octanol–water partition coefficient (Wildman–Crippen LogP) is 2.86. The average molecular weight is 384 g/mol. The lowest BCUT2D eigenvalue weighted by Crippen LogP contribution is -2.31. The number of carbonyl (C=O) groups is 1. The second-order valence-corrected chi connectivity index (χ2v) is 7.22. The lowest BCUT2D eigenvalue weighted by Gasteiger charge is -2.21. The van der Waals surface area contributed by atoms with Gasteiger partial charge in [0.2, 0.25) is 5.91 Å². The molecular weight excluding hydrogens is 356 g/mol. The minimum Gasteiger partial charge on any atom is -0.494 e. The van der Waals surface area contributed by atoms with Gasteiger partial charge in [0.1, 0.15) is 11.4 Å². The molecule has 0 bridgehead atoms. The molecule has 3 rings (SSSR count). The van der Waals surface area contributed by atoms with E-state index in [1.807, 2.05) is 31.2 Å². The molecule has 1 aliphatic carbocycles. The van der Waals surface area contributed by atoms with Gasteiger partial charge in [-0.15, -0.1) is 10.2 Å². The topological polar surface area (TPSA) is 97.0 Å². The Morgan fingerprint density at radius 1 is 1.25 bits per heavy atom. The zero-order valence-corrected chi connectivity index (χ0v) is 16.4. The van der Waals surface area contributed by atoms with Crippen LogP contribution in [0.25, 0.3) is 11.4 Å². The Balaban J connectivity index is 1.54. The smallest absolute Gasteiger partial charge is 0.273 e. The van der Waals surface area contributed by atoms with E-state index in [0.717, 1.165) is 12.1 Å². The highest BCUT2D eigenvalue weighted by Gasteiger charge is 2.15. The van der Waals surface area contributed by atoms with Crippen LogP contribution in [0, 0.1) is 5.92 Å². The summed E-state index contributed by atoms with van der Waals surface area (Å²) in [7, 11) is 0. The molecular formula is C21H28N4O3. The van der Waals surface area contributed by atoms with Crippen molar-refractivity contribution in [1.82, 2.24) is 20.5 Å². The fourth-order valence-corrected chi connectivity index (χ4v) is 3.52. The van der Waals surface area contributed by atoms with E-state index in [2.05, 4.69) is 20.5 Å². The maximum atomic E-state index is 12.3. The minimum atomic E-state index is -0.313. The monoisotopic (exact) mass is 384 g/mol. The van der Waals surface area contributed by atoms with E-state index in [-0.39, 0.29) is 30.0 Å². The van der Waals surface area contributed by atoms with Crippen LogP contribution in [-0.4, -0.2) is 34.2 Å². The molecule has 0 saturated heterocycles. The Labute approximate surface area is 164 Å². The summed E-state index contributed by atoms with van der Waals surface area (Å²) in [6, 6.07) is 7.33. The molecule has 7 nitrogen and oxygen atoms in total. The van der Waals surface area contributed by atoms with Crippen LogP contribution in [0.5, 0.6) is 5.75 Å². The van der Waals surface area contributed by atoms with Gasteiger partial charge in [-0.1, -0.05) is 31.4 Å². The number of rotatable bonds is 8. The quantitative estimate of drug-likeness (QED) is 0.729. The SMILES string of the molecule is CCOc1cccc(-c2nnc(CCC(=O)NCC3CCCCC3)c(=O)[nH]2)c1. The summed E-state index contributed by atoms with van der Waals surface area (Å²) in [5.41, 5.74) is 0.691. The van der Waals surface area contributed by atoms with E-state index in [4.69, 9.17) is 4.74 Å². The van der Waals surface area contributed by atoms with Crippen LogP contribution in [0.3, 0.4) is 0 Å². The number of nitrogens with one attached hydrogen (secondary N) is 2. The summed E-state index contributed by atoms with van der Waals surface area (Å²) in [6.45, 7) is 3.21. The summed E-state index contributed by atoms with van der Waals surface area (Å²) in [4.78, 5) is 27.1. The van der Waals surface area contributed by atoms with Crippen LogP contribution >= 0.6 is 0 Å². The lowest BCUT2D eigenvalue weighted by atomic mass is 9.89. The molecule has 1 aromatic heterocycles. The van der Waals surface area contributed by atoms with Gasteiger partial charge >= 0.3 is 0 Å². The molecule has 0 radical (unpaired) electrons. The Morgan fingerprint density at radius 2 is 2.07 bits per heavy atom. The standard InChI is InChI=1S/C21H28N4O3/c1-2-28-17-10-6-9-16(13-17)20-23-21(27)18(24-25-20)11-12-19(26)22-14-15-7-4-3-5-8-15/h6,9-10,13,15H,2-5,7-8,11-12,14H2,1H3,(H,22,26)(H,23,25,27). The fourth-order valence-electron chi connectivity index (χ4n) is 3.52. The Bertz CT molecular complexity index is 844. The van der Waals surface area contributed by atoms with Crippen molar-refractivity contribution in [2.45, 2.75) is 51.9 Å². The normalized spacial score (nSPS) is 14.6. The van der Waals surface area contributed by atoms with E-state index in [9.17, 15) is 9.59 Å². The first-order valence-corrected chi connectivity index (χ1v) is 10.1. The molecule has 0 atom stereocenters. The van der Waals surface area contributed by atoms with E-state index >= 15 is 0 Å². The average Bonchev–Trinajstić information content (AvgIpc) is 2.72. The molecule has 0 unspecified atom stereocenters. The van der Waals surface area contributed by atoms with Crippen molar-refractivity contribution in [2.75, 3.05) is 13.2 Å². The maximum Gasteiger partial charge on any atom is 0.273 e. The molecule has 2 N–H and O–H groups in total. The number of hydrogen-bond donors (Lipinski definition) is 2. The molecule has 1 heterocycles. The van der Waals surface area contributed by atoms with Gasteiger partial charge in [-0.3, -0.25) is 9.59 Å². The second kappa shape index (κ2) is 10.0. The van der Waals surface area contributed by atoms with Gasteiger partial charge < -0.3 is 15.0 Å². The Hall–Kier alpha value is -2.70. The van der Waals surface area contributed by atoms with E-state index in [0.29, 0.717) is 24.1 Å². The highest BCUT2D eigenvalue weighted by atomic mass is 16.5. The largest absolute Gasteiger partial charge is 0.494 e. The molecule has 1 saturated carbocycles. The molecule has 0 aliphatic heterocycles. The predicted molar refractivity (Wildman–Crippen MR) is 107 cm³/mol. The number of aromatic amines is 1. The Morgan fingerprint density at radius 3 is 2.82 bits per heavy atom. The zero-order chi connectivity index (χ0) is 19.8. The molecule has 7 heteroatoms. The Kier molecular flexibility index (Phi) is 7.17. The number of hydrogen-bond acceptors (Lipinski definition) is 5. The fraction of sp³-hybridized carbons (Fsp3) is 0.524. The summed E-state index contributed by atoms with van der Waals surface area (Å²) >= 11 is 0. The van der Waals surface area contributed by atoms with Crippen LogP contribution in [0.15, 0.2) is 29.1 Å². The number of aromatic nitrogens is 3. The van der Waals surface area contributed by atoms with E-state index < -0.39 is 0 Å². The first kappa shape index (κ1) is 20.0. The summed E-state index contributed by atoms with van der Waals surface area (Å²) in [5.74, 6) is 1.64. The van der Waals surface area contributed by atoms with Crippen LogP contribution in [0.2, 0.25) is 0 Å². The van der Waals surface area contributed by atoms with Crippen molar-refractivity contribution in [1.29, 1.82) is 0 Å². The van der Waals surface area contributed by atoms with Gasteiger partial charge in [0.25, 0.3) is 5.56 Å². The summed E-state index contributed by atoms with van der Waals surface area (Å²) in [6.07, 6.45) is 6.71. The van der Waals surface area contributed by atoms with E-state index in [1.165, 1.54) is 32.1 Å². The molecule has 1 aliphatic rings. The van der Waals surface area contributed by atoms with Gasteiger partial charge in [-0.25, -0.2) is 0 Å². The molecule has 1 fully saturated rings. The molecule has 28 heavy (non-hydrogen) atoms. The third kappa shape index (κ3) is 5.65. The maximum absolute atomic E-state index is 12.3. The van der Waals surface area contributed by atoms with Crippen LogP contribution in [0.1, 0.15) is 51.1 Å². The number of amides is 1. The van der Waals surface area contributed by atoms with Gasteiger partial charge in [-0.2, -0.15) is 0 Å². The number of H-pyrrole nitrogens is 1. The molecule has 1 aromatic carbocycles. The van der Waals surface area contributed by atoms with Crippen molar-refractivity contribution in [2.24, 2.45) is 5.92 Å². The lowest BCUT2D eigenvalue weighted by molar-refractivity contribution is -0.121. The number of benzene rings is 1. The van der Waals surface area contributed by atoms with Crippen molar-refractivity contribution in [3.05, 3.63) is 40.3 Å². The summed E-state index contributed by atoms with van der Waals surface area (Å²) < 4.78 is 5.47. The van der Waals surface area contributed by atoms with Crippen molar-refractivity contribution in [3.8, 4) is 17.1 Å². The molecule has 0 spiro atoms. The van der Waals surface area contributed by atoms with Crippen LogP contribution in [0.4, 0.5) is 0 Å². The summed E-state index contributed by atoms with van der Waals surface area (Å²) in [5, 5.41) is 11.1. The zero-order valence-electron chi connectivity index (χ0n) is 16.4. The van der Waals surface area contributed by atoms with E-state index in [1.54, 1.807) is 0 Å². The van der Waals surface area contributed by atoms with Crippen LogP contribution < -0.4 is 15.6 Å². The van der Waals surface area contributed by atoms with Gasteiger partial charge in [-0.05, 0) is 37.8 Å². The third-order valence-electron chi connectivity index (χ3n) is 5.08. The molecule has 1 amide bonds. The first-order chi connectivity index (χ1) is 13.7. The van der Waals surface area contributed by atoms with Crippen molar-refractivity contribution >= 4 is 5.91 Å². The number of carbonyl (C=O) groups excluding carboxylic acids is 1. The molecule has 2 aromatic rings. The van der Waals surface area contributed by atoms with Gasteiger partial charge in [0, 0.05) is 24.9 Å². The minimum absolute atomic E-state index is 0.0414. The highest BCUT2D eigenvalue weighted by Crippen LogP contribution is 2.23. The van der Waals surface area contributed by atoms with Crippen molar-refractivity contribution < 1.29 is 9.53 Å².